The van der Waals surface area contributed by atoms with Crippen molar-refractivity contribution < 1.29 is 0 Å². The lowest BCUT2D eigenvalue weighted by Gasteiger charge is -2.36. The van der Waals surface area contributed by atoms with Crippen molar-refractivity contribution in [3.63, 3.8) is 0 Å². The van der Waals surface area contributed by atoms with Gasteiger partial charge in [-0.3, -0.25) is 0 Å². The average Bonchev–Trinajstić information content (AvgIpc) is 2.30. The van der Waals surface area contributed by atoms with Crippen LogP contribution >= 0.6 is 0 Å². The molecule has 0 aromatic heterocycles. The number of hydrogen-bond donors (Lipinski definition) is 0. The molecule has 2 nitrogen and oxygen atoms in total. The van der Waals surface area contributed by atoms with Crippen LogP contribution in [0.4, 0.5) is 5.69 Å². The molecule has 2 heteroatoms. The molecular weight excluding hydrogens is 196 g/mol. The number of anilines is 1. The van der Waals surface area contributed by atoms with E-state index in [4.69, 9.17) is 0 Å². The highest BCUT2D eigenvalue weighted by Gasteiger charge is 2.20. The molecule has 1 aliphatic rings. The first-order valence-corrected chi connectivity index (χ1v) is 6.00. The summed E-state index contributed by atoms with van der Waals surface area (Å²) < 4.78 is 0. The Bertz CT molecular complexity index is 321. The largest absolute Gasteiger partial charge is 0.371 e. The van der Waals surface area contributed by atoms with E-state index in [1.807, 2.05) is 0 Å². The van der Waals surface area contributed by atoms with Gasteiger partial charge in [-0.25, -0.2) is 0 Å². The lowest BCUT2D eigenvalue weighted by molar-refractivity contribution is 0.249. The zero-order valence-electron chi connectivity index (χ0n) is 10.3. The van der Waals surface area contributed by atoms with Gasteiger partial charge in [-0.05, 0) is 51.6 Å². The summed E-state index contributed by atoms with van der Waals surface area (Å²) in [6, 6.07) is 9.29. The van der Waals surface area contributed by atoms with Crippen LogP contribution in [0.2, 0.25) is 0 Å². The fourth-order valence-electron chi connectivity index (χ4n) is 2.35. The third-order valence-electron chi connectivity index (χ3n) is 3.50. The van der Waals surface area contributed by atoms with E-state index < -0.39 is 0 Å². The van der Waals surface area contributed by atoms with Gasteiger partial charge in [0.15, 0.2) is 0 Å². The summed E-state index contributed by atoms with van der Waals surface area (Å²) in [7, 11) is 4.36. The van der Waals surface area contributed by atoms with Gasteiger partial charge >= 0.3 is 0 Å². The minimum atomic E-state index is 0.753. The van der Waals surface area contributed by atoms with Gasteiger partial charge < -0.3 is 9.80 Å². The Morgan fingerprint density at radius 3 is 2.19 bits per heavy atom. The molecule has 0 amide bonds. The Balaban J connectivity index is 1.96. The monoisotopic (exact) mass is 217 g/mol. The minimum Gasteiger partial charge on any atom is -0.371 e. The maximum absolute atomic E-state index is 3.92. The molecule has 0 aliphatic carbocycles. The quantitative estimate of drug-likeness (QED) is 0.750. The maximum atomic E-state index is 3.92. The van der Waals surface area contributed by atoms with E-state index in [9.17, 15) is 0 Å². The van der Waals surface area contributed by atoms with Crippen molar-refractivity contribution >= 4 is 5.69 Å². The third-order valence-corrected chi connectivity index (χ3v) is 3.50. The van der Waals surface area contributed by atoms with Crippen molar-refractivity contribution in [1.29, 1.82) is 0 Å². The molecule has 0 saturated carbocycles. The highest BCUT2D eigenvalue weighted by molar-refractivity contribution is 5.48. The maximum Gasteiger partial charge on any atom is 0.0366 e. The van der Waals surface area contributed by atoms with Gasteiger partial charge in [-0.2, -0.15) is 0 Å². The van der Waals surface area contributed by atoms with Crippen LogP contribution in [0, 0.1) is 6.92 Å². The lowest BCUT2D eigenvalue weighted by Crippen LogP contribution is -2.41. The van der Waals surface area contributed by atoms with Crippen LogP contribution in [-0.2, 0) is 0 Å². The molecule has 1 aromatic carbocycles. The van der Waals surface area contributed by atoms with E-state index in [1.165, 1.54) is 31.6 Å². The van der Waals surface area contributed by atoms with E-state index >= 15 is 0 Å². The van der Waals surface area contributed by atoms with Crippen LogP contribution in [0.15, 0.2) is 24.3 Å². The van der Waals surface area contributed by atoms with Crippen LogP contribution in [-0.4, -0.2) is 38.1 Å². The zero-order chi connectivity index (χ0) is 11.5. The summed E-state index contributed by atoms with van der Waals surface area (Å²) >= 11 is 0. The molecule has 1 aliphatic heterocycles. The highest BCUT2D eigenvalue weighted by atomic mass is 15.2. The van der Waals surface area contributed by atoms with E-state index in [0.29, 0.717) is 0 Å². The molecule has 0 bridgehead atoms. The van der Waals surface area contributed by atoms with E-state index in [2.05, 4.69) is 55.1 Å². The predicted octanol–water partition coefficient (Wildman–Crippen LogP) is 2.40. The summed E-state index contributed by atoms with van der Waals surface area (Å²) in [4.78, 5) is 4.82. The van der Waals surface area contributed by atoms with Gasteiger partial charge in [0.25, 0.3) is 0 Å². The highest BCUT2D eigenvalue weighted by Crippen LogP contribution is 2.21. The molecule has 0 N–H and O–H groups in total. The third kappa shape index (κ3) is 2.56. The average molecular weight is 217 g/mol. The first-order chi connectivity index (χ1) is 7.66. The molecular formula is C14H21N2. The van der Waals surface area contributed by atoms with Crippen molar-refractivity contribution in [2.45, 2.75) is 18.9 Å². The van der Waals surface area contributed by atoms with Gasteiger partial charge in [0.2, 0.25) is 0 Å². The summed E-state index contributed by atoms with van der Waals surface area (Å²) in [5, 5.41) is 0. The second-order valence-electron chi connectivity index (χ2n) is 4.85. The molecule has 0 spiro atoms. The fourth-order valence-corrected chi connectivity index (χ4v) is 2.35. The predicted molar refractivity (Wildman–Crippen MR) is 69.8 cm³/mol. The van der Waals surface area contributed by atoms with E-state index in [0.717, 1.165) is 11.6 Å². The number of nitrogens with zero attached hydrogens (tertiary/aromatic N) is 2. The number of hydrogen-bond acceptors (Lipinski definition) is 2. The topological polar surface area (TPSA) is 6.48 Å². The van der Waals surface area contributed by atoms with Crippen LogP contribution in [0.3, 0.4) is 0 Å². The first-order valence-electron chi connectivity index (χ1n) is 6.00. The van der Waals surface area contributed by atoms with Crippen molar-refractivity contribution in [2.24, 2.45) is 0 Å². The lowest BCUT2D eigenvalue weighted by atomic mass is 10.0. The molecule has 1 saturated heterocycles. The SMILES string of the molecule is [CH2]c1ccc(N2CCC(N(C)C)CC2)cc1. The summed E-state index contributed by atoms with van der Waals surface area (Å²) in [5.41, 5.74) is 2.43. The van der Waals surface area contributed by atoms with Crippen molar-refractivity contribution in [3.05, 3.63) is 36.8 Å². The second-order valence-corrected chi connectivity index (χ2v) is 4.85. The van der Waals surface area contributed by atoms with Gasteiger partial charge in [0.05, 0.1) is 0 Å². The van der Waals surface area contributed by atoms with Crippen molar-refractivity contribution in [2.75, 3.05) is 32.1 Å². The van der Waals surface area contributed by atoms with Crippen molar-refractivity contribution in [1.82, 2.24) is 4.90 Å². The molecule has 2 rings (SSSR count). The van der Waals surface area contributed by atoms with Gasteiger partial charge in [0.1, 0.15) is 0 Å². The van der Waals surface area contributed by atoms with Gasteiger partial charge in [-0.15, -0.1) is 0 Å². The van der Waals surface area contributed by atoms with Crippen LogP contribution in [0.25, 0.3) is 0 Å². The van der Waals surface area contributed by atoms with Crippen LogP contribution in [0.1, 0.15) is 18.4 Å². The molecule has 0 unspecified atom stereocenters. The molecule has 1 aromatic rings. The Morgan fingerprint density at radius 1 is 1.12 bits per heavy atom. The van der Waals surface area contributed by atoms with Crippen LogP contribution in [0.5, 0.6) is 0 Å². The molecule has 1 fully saturated rings. The Hall–Kier alpha value is -1.02. The standard InChI is InChI=1S/C14H21N2/c1-12-4-6-14(7-5-12)16-10-8-13(9-11-16)15(2)3/h4-7,13H,1,8-11H2,2-3H3. The molecule has 1 heterocycles. The minimum absolute atomic E-state index is 0.753. The number of benzene rings is 1. The molecule has 16 heavy (non-hydrogen) atoms. The Labute approximate surface area is 98.9 Å². The Kier molecular flexibility index (Phi) is 3.49. The summed E-state index contributed by atoms with van der Waals surface area (Å²) in [5.74, 6) is 0. The van der Waals surface area contributed by atoms with E-state index in [1.54, 1.807) is 0 Å². The smallest absolute Gasteiger partial charge is 0.0366 e. The molecule has 1 radical (unpaired) electrons. The summed E-state index contributed by atoms with van der Waals surface area (Å²) in [6.45, 7) is 6.25. The first kappa shape index (κ1) is 11.5. The van der Waals surface area contributed by atoms with Gasteiger partial charge in [-0.1, -0.05) is 12.1 Å². The molecule has 0 atom stereocenters. The Morgan fingerprint density at radius 2 is 1.69 bits per heavy atom. The molecule has 87 valence electrons. The van der Waals surface area contributed by atoms with Crippen molar-refractivity contribution in [3.8, 4) is 0 Å². The van der Waals surface area contributed by atoms with Crippen LogP contribution < -0.4 is 4.90 Å². The fraction of sp³-hybridized carbons (Fsp3) is 0.500. The number of rotatable bonds is 2. The van der Waals surface area contributed by atoms with Gasteiger partial charge in [0, 0.05) is 24.8 Å². The number of piperidine rings is 1. The second kappa shape index (κ2) is 4.88. The normalized spacial score (nSPS) is 18.1. The summed E-state index contributed by atoms with van der Waals surface area (Å²) in [6.07, 6.45) is 2.53. The van der Waals surface area contributed by atoms with E-state index in [-0.39, 0.29) is 0 Å². The zero-order valence-corrected chi connectivity index (χ0v) is 10.3.